The summed E-state index contributed by atoms with van der Waals surface area (Å²) in [6.07, 6.45) is 0.759. The molecule has 1 aromatic heterocycles. The number of thiophene rings is 1. The van der Waals surface area contributed by atoms with Gasteiger partial charge in [-0.25, -0.2) is 9.18 Å². The van der Waals surface area contributed by atoms with E-state index >= 15 is 0 Å². The Labute approximate surface area is 215 Å². The van der Waals surface area contributed by atoms with Gasteiger partial charge in [-0.2, -0.15) is 0 Å². The van der Waals surface area contributed by atoms with Gasteiger partial charge in [0.2, 0.25) is 5.91 Å². The van der Waals surface area contributed by atoms with Gasteiger partial charge in [0, 0.05) is 29.7 Å². The van der Waals surface area contributed by atoms with Gasteiger partial charge in [-0.05, 0) is 60.5 Å². The van der Waals surface area contributed by atoms with Crippen LogP contribution < -0.4 is 10.1 Å². The maximum Gasteiger partial charge on any atom is 0.322 e. The van der Waals surface area contributed by atoms with E-state index in [2.05, 4.69) is 5.32 Å². The van der Waals surface area contributed by atoms with Gasteiger partial charge in [-0.3, -0.25) is 4.79 Å². The number of aryl methyl sites for hydroxylation is 1. The lowest BCUT2D eigenvalue weighted by Crippen LogP contribution is -2.49. The third-order valence-corrected chi connectivity index (χ3v) is 7.12. The minimum absolute atomic E-state index is 0.0359. The van der Waals surface area contributed by atoms with Gasteiger partial charge in [-0.1, -0.05) is 37.6 Å². The molecule has 8 heteroatoms. The van der Waals surface area contributed by atoms with E-state index in [-0.39, 0.29) is 42.9 Å². The van der Waals surface area contributed by atoms with Crippen LogP contribution in [0.4, 0.5) is 14.9 Å². The van der Waals surface area contributed by atoms with Crippen molar-refractivity contribution in [1.82, 2.24) is 9.80 Å². The molecule has 1 N–H and O–H groups in total. The molecule has 0 radical (unpaired) electrons. The summed E-state index contributed by atoms with van der Waals surface area (Å²) in [6.45, 7) is 7.19. The molecule has 4 rings (SSSR count). The van der Waals surface area contributed by atoms with Gasteiger partial charge in [0.25, 0.3) is 0 Å². The first-order chi connectivity index (χ1) is 17.3. The first kappa shape index (κ1) is 25.7. The molecular formula is C28H32FN3O3S. The molecule has 0 fully saturated rings. The number of urea groups is 1. The SMILES string of the molecule is Cc1ccc(NC(=O)N(CC(=O)N2CCc3sccc3C2COc2cccc(F)c2)CC(C)C)cc1. The third kappa shape index (κ3) is 6.43. The van der Waals surface area contributed by atoms with E-state index in [9.17, 15) is 14.0 Å². The Kier molecular flexibility index (Phi) is 8.25. The Hall–Kier alpha value is -3.39. The fourth-order valence-electron chi connectivity index (χ4n) is 4.36. The molecule has 0 aliphatic carbocycles. The van der Waals surface area contributed by atoms with Crippen molar-refractivity contribution in [1.29, 1.82) is 0 Å². The molecule has 36 heavy (non-hydrogen) atoms. The zero-order valence-electron chi connectivity index (χ0n) is 20.9. The molecular weight excluding hydrogens is 477 g/mol. The van der Waals surface area contributed by atoms with E-state index in [1.807, 2.05) is 56.5 Å². The standard InChI is InChI=1S/C28H32FN3O3S/c1-19(2)16-31(28(34)30-22-9-7-20(3)8-10-22)17-27(33)32-13-11-26-24(12-14-36-26)25(32)18-35-23-6-4-5-21(29)15-23/h4-10,12,14-15,19,25H,11,13,16-18H2,1-3H3,(H,30,34). The van der Waals surface area contributed by atoms with E-state index in [1.54, 1.807) is 33.3 Å². The molecule has 0 spiro atoms. The van der Waals surface area contributed by atoms with Crippen LogP contribution in [0.1, 0.15) is 35.9 Å². The van der Waals surface area contributed by atoms with E-state index in [4.69, 9.17) is 4.74 Å². The molecule has 1 aliphatic rings. The Morgan fingerprint density at radius 2 is 1.97 bits per heavy atom. The first-order valence-electron chi connectivity index (χ1n) is 12.2. The number of benzene rings is 2. The van der Waals surface area contributed by atoms with Crippen LogP contribution in [0.5, 0.6) is 5.75 Å². The highest BCUT2D eigenvalue weighted by molar-refractivity contribution is 7.10. The average molecular weight is 510 g/mol. The minimum atomic E-state index is -0.371. The summed E-state index contributed by atoms with van der Waals surface area (Å²) in [5, 5.41) is 4.94. The Morgan fingerprint density at radius 3 is 2.69 bits per heavy atom. The summed E-state index contributed by atoms with van der Waals surface area (Å²) in [4.78, 5) is 31.3. The number of halogens is 1. The van der Waals surface area contributed by atoms with Crippen molar-refractivity contribution in [2.75, 3.05) is 31.6 Å². The lowest BCUT2D eigenvalue weighted by atomic mass is 10.0. The van der Waals surface area contributed by atoms with E-state index in [1.165, 1.54) is 17.0 Å². The quantitative estimate of drug-likeness (QED) is 0.412. The highest BCUT2D eigenvalue weighted by Gasteiger charge is 2.33. The number of rotatable bonds is 8. The molecule has 2 aromatic carbocycles. The number of carbonyl (C=O) groups excluding carboxylic acids is 2. The van der Waals surface area contributed by atoms with Crippen LogP contribution in [-0.4, -0.2) is 48.0 Å². The van der Waals surface area contributed by atoms with Crippen LogP contribution in [0.15, 0.2) is 60.0 Å². The maximum atomic E-state index is 13.6. The number of carbonyl (C=O) groups is 2. The van der Waals surface area contributed by atoms with E-state index in [0.717, 1.165) is 17.5 Å². The summed E-state index contributed by atoms with van der Waals surface area (Å²) >= 11 is 1.67. The fraction of sp³-hybridized carbons (Fsp3) is 0.357. The number of hydrogen-bond donors (Lipinski definition) is 1. The van der Waals surface area contributed by atoms with Gasteiger partial charge in [0.1, 0.15) is 24.7 Å². The number of ether oxygens (including phenoxy) is 1. The van der Waals surface area contributed by atoms with Crippen molar-refractivity contribution in [3.8, 4) is 5.75 Å². The zero-order chi connectivity index (χ0) is 25.7. The lowest BCUT2D eigenvalue weighted by molar-refractivity contribution is -0.135. The molecule has 0 saturated carbocycles. The van der Waals surface area contributed by atoms with Crippen LogP contribution in [0.25, 0.3) is 0 Å². The van der Waals surface area contributed by atoms with Gasteiger partial charge >= 0.3 is 6.03 Å². The maximum absolute atomic E-state index is 13.6. The Balaban J connectivity index is 1.49. The minimum Gasteiger partial charge on any atom is -0.491 e. The summed E-state index contributed by atoms with van der Waals surface area (Å²) in [7, 11) is 0. The molecule has 2 heterocycles. The van der Waals surface area contributed by atoms with Crippen molar-refractivity contribution >= 4 is 29.0 Å². The number of hydrogen-bond acceptors (Lipinski definition) is 4. The number of anilines is 1. The summed E-state index contributed by atoms with van der Waals surface area (Å²) in [5.41, 5.74) is 2.84. The van der Waals surface area contributed by atoms with Crippen LogP contribution in [-0.2, 0) is 11.2 Å². The average Bonchev–Trinajstić information content (AvgIpc) is 3.32. The second-order valence-electron chi connectivity index (χ2n) is 9.49. The van der Waals surface area contributed by atoms with Crippen LogP contribution in [0.2, 0.25) is 0 Å². The van der Waals surface area contributed by atoms with E-state index < -0.39 is 0 Å². The largest absolute Gasteiger partial charge is 0.491 e. The Morgan fingerprint density at radius 1 is 1.19 bits per heavy atom. The van der Waals surface area contributed by atoms with Gasteiger partial charge in [-0.15, -0.1) is 11.3 Å². The second-order valence-corrected chi connectivity index (χ2v) is 10.5. The molecule has 0 bridgehead atoms. The van der Waals surface area contributed by atoms with Gasteiger partial charge < -0.3 is 19.9 Å². The molecule has 3 amide bonds. The summed E-state index contributed by atoms with van der Waals surface area (Å²) < 4.78 is 19.6. The van der Waals surface area contributed by atoms with Crippen molar-refractivity contribution in [2.45, 2.75) is 33.2 Å². The van der Waals surface area contributed by atoms with Crippen LogP contribution in [0.3, 0.4) is 0 Å². The van der Waals surface area contributed by atoms with Gasteiger partial charge in [0.15, 0.2) is 0 Å². The topological polar surface area (TPSA) is 61.9 Å². The monoisotopic (exact) mass is 509 g/mol. The molecule has 1 unspecified atom stereocenters. The highest BCUT2D eigenvalue weighted by atomic mass is 32.1. The van der Waals surface area contributed by atoms with Crippen molar-refractivity contribution in [3.63, 3.8) is 0 Å². The van der Waals surface area contributed by atoms with Crippen LogP contribution in [0, 0.1) is 18.7 Å². The zero-order valence-corrected chi connectivity index (χ0v) is 21.7. The number of nitrogens with zero attached hydrogens (tertiary/aromatic N) is 2. The van der Waals surface area contributed by atoms with Gasteiger partial charge in [0.05, 0.1) is 6.04 Å². The lowest BCUT2D eigenvalue weighted by Gasteiger charge is -2.37. The smallest absolute Gasteiger partial charge is 0.322 e. The summed E-state index contributed by atoms with van der Waals surface area (Å²) in [5.74, 6) is 0.103. The number of nitrogens with one attached hydrogen (secondary N) is 1. The summed E-state index contributed by atoms with van der Waals surface area (Å²) in [6, 6.07) is 15.0. The molecule has 190 valence electrons. The predicted octanol–water partition coefficient (Wildman–Crippen LogP) is 5.89. The molecule has 0 saturated heterocycles. The fourth-order valence-corrected chi connectivity index (χ4v) is 5.29. The third-order valence-electron chi connectivity index (χ3n) is 6.12. The Bertz CT molecular complexity index is 1190. The second kappa shape index (κ2) is 11.6. The molecule has 3 aromatic rings. The highest BCUT2D eigenvalue weighted by Crippen LogP contribution is 2.34. The van der Waals surface area contributed by atoms with E-state index in [0.29, 0.717) is 24.5 Å². The number of amides is 3. The van der Waals surface area contributed by atoms with Crippen molar-refractivity contribution in [3.05, 3.63) is 81.8 Å². The molecule has 1 atom stereocenters. The normalized spacial score (nSPS) is 14.9. The molecule has 6 nitrogen and oxygen atoms in total. The predicted molar refractivity (Wildman–Crippen MR) is 141 cm³/mol. The number of fused-ring (bicyclic) bond motifs is 1. The first-order valence-corrected chi connectivity index (χ1v) is 13.0. The van der Waals surface area contributed by atoms with Crippen molar-refractivity contribution < 1.29 is 18.7 Å². The van der Waals surface area contributed by atoms with Crippen molar-refractivity contribution in [2.24, 2.45) is 5.92 Å². The molecule has 1 aliphatic heterocycles. The van der Waals surface area contributed by atoms with Crippen LogP contribution >= 0.6 is 11.3 Å².